The molecule has 1 aliphatic rings. The van der Waals surface area contributed by atoms with Gasteiger partial charge in [-0.3, -0.25) is 14.5 Å². The van der Waals surface area contributed by atoms with Crippen molar-refractivity contribution in [3.8, 4) is 0 Å². The molecule has 1 heterocycles. The van der Waals surface area contributed by atoms with Crippen LogP contribution in [0.25, 0.3) is 10.8 Å². The van der Waals surface area contributed by atoms with Crippen LogP contribution in [0.15, 0.2) is 42.5 Å². The van der Waals surface area contributed by atoms with E-state index in [1.807, 2.05) is 31.1 Å². The first-order valence-corrected chi connectivity index (χ1v) is 9.44. The van der Waals surface area contributed by atoms with Crippen molar-refractivity contribution < 1.29 is 9.59 Å². The summed E-state index contributed by atoms with van der Waals surface area (Å²) in [5, 5.41) is 8.18. The quantitative estimate of drug-likeness (QED) is 0.771. The number of piperazine rings is 1. The van der Waals surface area contributed by atoms with Crippen molar-refractivity contribution in [2.75, 3.05) is 40.3 Å². The minimum atomic E-state index is -0.426. The first-order chi connectivity index (χ1) is 13.0. The smallest absolute Gasteiger partial charge is 0.237 e. The van der Waals surface area contributed by atoms with Gasteiger partial charge in [0.1, 0.15) is 0 Å². The second kappa shape index (κ2) is 8.97. The molecule has 0 spiro atoms. The van der Waals surface area contributed by atoms with Crippen LogP contribution >= 0.6 is 0 Å². The van der Waals surface area contributed by atoms with Gasteiger partial charge in [-0.05, 0) is 36.5 Å². The maximum absolute atomic E-state index is 12.4. The molecule has 1 aliphatic heterocycles. The molecule has 0 saturated carbocycles. The minimum absolute atomic E-state index is 0.0650. The van der Waals surface area contributed by atoms with E-state index in [0.717, 1.165) is 18.7 Å². The number of benzene rings is 2. The third kappa shape index (κ3) is 5.28. The molecule has 2 aromatic rings. The van der Waals surface area contributed by atoms with Gasteiger partial charge in [0.2, 0.25) is 11.8 Å². The van der Waals surface area contributed by atoms with E-state index in [0.29, 0.717) is 19.6 Å². The number of likely N-dealkylation sites (N-methyl/N-ethyl adjacent to an activating group) is 1. The van der Waals surface area contributed by atoms with Gasteiger partial charge in [-0.1, -0.05) is 36.4 Å². The van der Waals surface area contributed by atoms with E-state index in [9.17, 15) is 9.59 Å². The molecule has 0 unspecified atom stereocenters. The maximum atomic E-state index is 12.4. The number of carbonyl (C=O) groups excluding carboxylic acids is 2. The van der Waals surface area contributed by atoms with Crippen LogP contribution in [0.4, 0.5) is 0 Å². The monoisotopic (exact) mass is 368 g/mol. The average Bonchev–Trinajstić information content (AvgIpc) is 2.64. The summed E-state index contributed by atoms with van der Waals surface area (Å²) < 4.78 is 0. The largest absolute Gasteiger partial charge is 0.355 e. The molecule has 2 N–H and O–H groups in total. The topological polar surface area (TPSA) is 64.7 Å². The number of rotatable bonds is 7. The van der Waals surface area contributed by atoms with Gasteiger partial charge >= 0.3 is 0 Å². The molecule has 2 amide bonds. The summed E-state index contributed by atoms with van der Waals surface area (Å²) in [6, 6.07) is 14.2. The number of carbonyl (C=O) groups is 2. The van der Waals surface area contributed by atoms with E-state index in [4.69, 9.17) is 0 Å². The van der Waals surface area contributed by atoms with E-state index >= 15 is 0 Å². The molecule has 6 heteroatoms. The van der Waals surface area contributed by atoms with Gasteiger partial charge in [-0.15, -0.1) is 0 Å². The molecule has 2 aromatic carbocycles. The Morgan fingerprint density at radius 2 is 2.00 bits per heavy atom. The first kappa shape index (κ1) is 19.3. The second-order valence-electron chi connectivity index (χ2n) is 7.32. The van der Waals surface area contributed by atoms with Crippen LogP contribution in [0.3, 0.4) is 0 Å². The summed E-state index contributed by atoms with van der Waals surface area (Å²) in [5.41, 5.74) is 1.15. The van der Waals surface area contributed by atoms with E-state index in [1.54, 1.807) is 0 Å². The van der Waals surface area contributed by atoms with E-state index in [2.05, 4.69) is 45.9 Å². The molecule has 3 rings (SSSR count). The lowest BCUT2D eigenvalue weighted by molar-refractivity contribution is -0.134. The van der Waals surface area contributed by atoms with Crippen molar-refractivity contribution in [1.29, 1.82) is 0 Å². The van der Waals surface area contributed by atoms with E-state index < -0.39 is 6.04 Å². The Hall–Kier alpha value is -2.44. The highest BCUT2D eigenvalue weighted by molar-refractivity contribution is 5.89. The molecule has 0 aliphatic carbocycles. The van der Waals surface area contributed by atoms with Crippen LogP contribution in [-0.4, -0.2) is 67.9 Å². The normalized spacial score (nSPS) is 17.9. The zero-order valence-corrected chi connectivity index (χ0v) is 16.1. The number of amides is 2. The Morgan fingerprint density at radius 3 is 2.78 bits per heavy atom. The molecule has 0 aromatic heterocycles. The Morgan fingerprint density at radius 1 is 1.22 bits per heavy atom. The lowest BCUT2D eigenvalue weighted by Crippen LogP contribution is -2.56. The van der Waals surface area contributed by atoms with Gasteiger partial charge in [0.25, 0.3) is 0 Å². The Balaban J connectivity index is 1.65. The van der Waals surface area contributed by atoms with Crippen molar-refractivity contribution in [3.63, 3.8) is 0 Å². The number of hydrogen-bond donors (Lipinski definition) is 2. The van der Waals surface area contributed by atoms with Gasteiger partial charge in [-0.25, -0.2) is 0 Å². The fraction of sp³-hybridized carbons (Fsp3) is 0.429. The molecule has 6 nitrogen and oxygen atoms in total. The molecule has 27 heavy (non-hydrogen) atoms. The highest BCUT2D eigenvalue weighted by Crippen LogP contribution is 2.19. The van der Waals surface area contributed by atoms with Crippen LogP contribution in [0, 0.1) is 0 Å². The minimum Gasteiger partial charge on any atom is -0.355 e. The van der Waals surface area contributed by atoms with Gasteiger partial charge < -0.3 is 15.5 Å². The Bertz CT molecular complexity index is 806. The standard InChI is InChI=1S/C21H28N4O2/c1-24(2)11-9-22-20(26)14-19-21(27)23-10-12-25(19)15-16-7-8-17-5-3-4-6-18(17)13-16/h3-8,13,19H,9-12,14-15H2,1-2H3,(H,22,26)(H,23,27)/t19-/m0/s1. The predicted molar refractivity (Wildman–Crippen MR) is 107 cm³/mol. The molecule has 0 radical (unpaired) electrons. The van der Waals surface area contributed by atoms with Crippen molar-refractivity contribution in [1.82, 2.24) is 20.4 Å². The van der Waals surface area contributed by atoms with Crippen LogP contribution in [0.2, 0.25) is 0 Å². The lowest BCUT2D eigenvalue weighted by Gasteiger charge is -2.34. The third-order valence-corrected chi connectivity index (χ3v) is 4.90. The molecule has 1 fully saturated rings. The molecule has 1 atom stereocenters. The number of fused-ring (bicyclic) bond motifs is 1. The fourth-order valence-corrected chi connectivity index (χ4v) is 3.41. The van der Waals surface area contributed by atoms with Crippen LogP contribution in [0.5, 0.6) is 0 Å². The van der Waals surface area contributed by atoms with Gasteiger partial charge in [0.05, 0.1) is 12.5 Å². The second-order valence-corrected chi connectivity index (χ2v) is 7.32. The number of hydrogen-bond acceptors (Lipinski definition) is 4. The summed E-state index contributed by atoms with van der Waals surface area (Å²) in [4.78, 5) is 28.8. The maximum Gasteiger partial charge on any atom is 0.237 e. The Kier molecular flexibility index (Phi) is 6.42. The summed E-state index contributed by atoms with van der Waals surface area (Å²) in [6.07, 6.45) is 0.187. The van der Waals surface area contributed by atoms with Crippen LogP contribution < -0.4 is 10.6 Å². The number of nitrogens with zero attached hydrogens (tertiary/aromatic N) is 2. The summed E-state index contributed by atoms with van der Waals surface area (Å²) >= 11 is 0. The average molecular weight is 368 g/mol. The zero-order valence-electron chi connectivity index (χ0n) is 16.1. The highest BCUT2D eigenvalue weighted by atomic mass is 16.2. The Labute approximate surface area is 160 Å². The molecule has 144 valence electrons. The fourth-order valence-electron chi connectivity index (χ4n) is 3.41. The van der Waals surface area contributed by atoms with Gasteiger partial charge in [0, 0.05) is 32.7 Å². The van der Waals surface area contributed by atoms with Crippen LogP contribution in [-0.2, 0) is 16.1 Å². The van der Waals surface area contributed by atoms with Crippen molar-refractivity contribution >= 4 is 22.6 Å². The van der Waals surface area contributed by atoms with Gasteiger partial charge in [0.15, 0.2) is 0 Å². The highest BCUT2D eigenvalue weighted by Gasteiger charge is 2.31. The molecular formula is C21H28N4O2. The van der Waals surface area contributed by atoms with E-state index in [-0.39, 0.29) is 18.2 Å². The predicted octanol–water partition coefficient (Wildman–Crippen LogP) is 1.21. The van der Waals surface area contributed by atoms with Crippen molar-refractivity contribution in [3.05, 3.63) is 48.0 Å². The third-order valence-electron chi connectivity index (χ3n) is 4.90. The zero-order chi connectivity index (χ0) is 19.2. The summed E-state index contributed by atoms with van der Waals surface area (Å²) in [7, 11) is 3.93. The SMILES string of the molecule is CN(C)CCNC(=O)C[C@H]1C(=O)NCCN1Cc1ccc2ccccc2c1. The lowest BCUT2D eigenvalue weighted by atomic mass is 10.0. The van der Waals surface area contributed by atoms with Crippen molar-refractivity contribution in [2.45, 2.75) is 19.0 Å². The van der Waals surface area contributed by atoms with Gasteiger partial charge in [-0.2, -0.15) is 0 Å². The molecular weight excluding hydrogens is 340 g/mol. The first-order valence-electron chi connectivity index (χ1n) is 9.44. The van der Waals surface area contributed by atoms with Crippen molar-refractivity contribution in [2.24, 2.45) is 0 Å². The summed E-state index contributed by atoms with van der Waals surface area (Å²) in [6.45, 7) is 3.39. The van der Waals surface area contributed by atoms with E-state index in [1.165, 1.54) is 10.8 Å². The molecule has 1 saturated heterocycles. The summed E-state index contributed by atoms with van der Waals surface area (Å²) in [5.74, 6) is -0.146. The van der Waals surface area contributed by atoms with Crippen LogP contribution in [0.1, 0.15) is 12.0 Å². The molecule has 0 bridgehead atoms. The number of nitrogens with one attached hydrogen (secondary N) is 2.